The van der Waals surface area contributed by atoms with Crippen molar-refractivity contribution in [3.05, 3.63) is 71.8 Å². The fourth-order valence-electron chi connectivity index (χ4n) is 1.76. The predicted molar refractivity (Wildman–Crippen MR) is 85.6 cm³/mol. The first-order chi connectivity index (χ1) is 10.4. The Morgan fingerprint density at radius 2 is 1.86 bits per heavy atom. The largest absolute Gasteiger partial charge is 0.260 e. The van der Waals surface area contributed by atoms with Gasteiger partial charge in [-0.1, -0.05) is 54.2 Å². The van der Waals surface area contributed by atoms with Gasteiger partial charge in [0.1, 0.15) is 5.82 Å². The molecule has 0 saturated carbocycles. The SMILES string of the molecule is C(=C\c1nc(SCc2ccccn2)n[nH]1)/c1ccccc1. The van der Waals surface area contributed by atoms with Gasteiger partial charge in [0.15, 0.2) is 0 Å². The molecule has 0 fully saturated rings. The summed E-state index contributed by atoms with van der Waals surface area (Å²) < 4.78 is 0. The molecule has 0 unspecified atom stereocenters. The molecule has 5 heteroatoms. The molecule has 0 aliphatic heterocycles. The fourth-order valence-corrected chi connectivity index (χ4v) is 2.48. The van der Waals surface area contributed by atoms with E-state index in [4.69, 9.17) is 0 Å². The van der Waals surface area contributed by atoms with Gasteiger partial charge in [0.25, 0.3) is 0 Å². The van der Waals surface area contributed by atoms with E-state index in [1.165, 1.54) is 0 Å². The third-order valence-corrected chi connectivity index (χ3v) is 3.67. The summed E-state index contributed by atoms with van der Waals surface area (Å²) in [4.78, 5) is 8.70. The second kappa shape index (κ2) is 6.85. The maximum Gasteiger partial charge on any atom is 0.209 e. The Kier molecular flexibility index (Phi) is 4.43. The van der Waals surface area contributed by atoms with Gasteiger partial charge in [0.05, 0.1) is 5.69 Å². The zero-order chi connectivity index (χ0) is 14.3. The Balaban J connectivity index is 1.60. The highest BCUT2D eigenvalue weighted by Crippen LogP contribution is 2.17. The van der Waals surface area contributed by atoms with Crippen LogP contribution in [-0.4, -0.2) is 20.2 Å². The predicted octanol–water partition coefficient (Wildman–Crippen LogP) is 3.66. The Morgan fingerprint density at radius 1 is 1.00 bits per heavy atom. The van der Waals surface area contributed by atoms with E-state index in [-0.39, 0.29) is 0 Å². The molecule has 0 spiro atoms. The van der Waals surface area contributed by atoms with Gasteiger partial charge in [-0.25, -0.2) is 4.98 Å². The number of aromatic amines is 1. The van der Waals surface area contributed by atoms with E-state index >= 15 is 0 Å². The minimum Gasteiger partial charge on any atom is -0.260 e. The van der Waals surface area contributed by atoms with E-state index in [1.807, 2.05) is 60.7 Å². The third-order valence-electron chi connectivity index (χ3n) is 2.79. The molecule has 3 aromatic rings. The van der Waals surface area contributed by atoms with Crippen molar-refractivity contribution in [3.8, 4) is 0 Å². The van der Waals surface area contributed by atoms with Gasteiger partial charge in [-0.05, 0) is 23.8 Å². The van der Waals surface area contributed by atoms with Gasteiger partial charge in [-0.2, -0.15) is 0 Å². The molecule has 0 aliphatic rings. The zero-order valence-corrected chi connectivity index (χ0v) is 12.1. The number of hydrogen-bond donors (Lipinski definition) is 1. The lowest BCUT2D eigenvalue weighted by molar-refractivity contribution is 0.970. The summed E-state index contributed by atoms with van der Waals surface area (Å²) in [5.41, 5.74) is 2.16. The van der Waals surface area contributed by atoms with Crippen molar-refractivity contribution < 1.29 is 0 Å². The van der Waals surface area contributed by atoms with Crippen LogP contribution in [0.1, 0.15) is 17.1 Å². The van der Waals surface area contributed by atoms with Crippen LogP contribution in [0.3, 0.4) is 0 Å². The van der Waals surface area contributed by atoms with Gasteiger partial charge in [0.2, 0.25) is 5.16 Å². The molecule has 1 aromatic carbocycles. The zero-order valence-electron chi connectivity index (χ0n) is 11.3. The molecule has 0 amide bonds. The highest BCUT2D eigenvalue weighted by molar-refractivity contribution is 7.98. The first-order valence-corrected chi connectivity index (χ1v) is 7.57. The number of aromatic nitrogens is 4. The second-order valence-corrected chi connectivity index (χ2v) is 5.30. The van der Waals surface area contributed by atoms with E-state index in [0.717, 1.165) is 28.0 Å². The summed E-state index contributed by atoms with van der Waals surface area (Å²) in [5.74, 6) is 1.52. The number of pyridine rings is 1. The average Bonchev–Trinajstić information content (AvgIpc) is 3.01. The molecule has 2 heterocycles. The molecule has 0 aliphatic carbocycles. The summed E-state index contributed by atoms with van der Waals surface area (Å²) in [6, 6.07) is 16.0. The topological polar surface area (TPSA) is 54.5 Å². The summed E-state index contributed by atoms with van der Waals surface area (Å²) in [5, 5.41) is 7.84. The van der Waals surface area contributed by atoms with Crippen molar-refractivity contribution in [2.45, 2.75) is 10.9 Å². The van der Waals surface area contributed by atoms with Crippen molar-refractivity contribution >= 4 is 23.9 Å². The van der Waals surface area contributed by atoms with Crippen LogP contribution in [0.4, 0.5) is 0 Å². The number of rotatable bonds is 5. The first-order valence-electron chi connectivity index (χ1n) is 6.58. The quantitative estimate of drug-likeness (QED) is 0.730. The number of H-pyrrole nitrogens is 1. The van der Waals surface area contributed by atoms with Crippen LogP contribution in [0.5, 0.6) is 0 Å². The number of nitrogens with one attached hydrogen (secondary N) is 1. The lowest BCUT2D eigenvalue weighted by atomic mass is 10.2. The fraction of sp³-hybridized carbons (Fsp3) is 0.0625. The number of nitrogens with zero attached hydrogens (tertiary/aromatic N) is 3. The smallest absolute Gasteiger partial charge is 0.209 e. The highest BCUT2D eigenvalue weighted by Gasteiger charge is 2.02. The molecule has 0 radical (unpaired) electrons. The molecule has 1 N–H and O–H groups in total. The van der Waals surface area contributed by atoms with Gasteiger partial charge in [0, 0.05) is 11.9 Å². The summed E-state index contributed by atoms with van der Waals surface area (Å²) in [6.07, 6.45) is 5.72. The van der Waals surface area contributed by atoms with Crippen LogP contribution in [0.2, 0.25) is 0 Å². The van der Waals surface area contributed by atoms with E-state index in [9.17, 15) is 0 Å². The minimum absolute atomic E-state index is 0.730. The Hall–Kier alpha value is -2.40. The Labute approximate surface area is 127 Å². The summed E-state index contributed by atoms with van der Waals surface area (Å²) >= 11 is 1.57. The standard InChI is InChI=1S/C16H14N4S/c1-2-6-13(7-3-1)9-10-15-18-16(20-19-15)21-12-14-8-4-5-11-17-14/h1-11H,12H2,(H,18,19,20)/b10-9+. The molecular formula is C16H14N4S. The van der Waals surface area contributed by atoms with Crippen LogP contribution in [0.25, 0.3) is 12.2 Å². The van der Waals surface area contributed by atoms with E-state index in [2.05, 4.69) is 20.2 Å². The monoisotopic (exact) mass is 294 g/mol. The molecule has 2 aromatic heterocycles. The molecule has 0 saturated heterocycles. The van der Waals surface area contributed by atoms with Crippen LogP contribution < -0.4 is 0 Å². The van der Waals surface area contributed by atoms with E-state index < -0.39 is 0 Å². The van der Waals surface area contributed by atoms with Crippen LogP contribution in [0.15, 0.2) is 59.9 Å². The maximum atomic E-state index is 4.42. The molecule has 4 nitrogen and oxygen atoms in total. The van der Waals surface area contributed by atoms with Crippen LogP contribution in [-0.2, 0) is 5.75 Å². The van der Waals surface area contributed by atoms with Gasteiger partial charge < -0.3 is 0 Å². The summed E-state index contributed by atoms with van der Waals surface area (Å²) in [6.45, 7) is 0. The highest BCUT2D eigenvalue weighted by atomic mass is 32.2. The second-order valence-electron chi connectivity index (χ2n) is 4.36. The minimum atomic E-state index is 0.730. The van der Waals surface area contributed by atoms with Crippen molar-refractivity contribution in [1.29, 1.82) is 0 Å². The normalized spacial score (nSPS) is 11.0. The number of hydrogen-bond acceptors (Lipinski definition) is 4. The summed E-state index contributed by atoms with van der Waals surface area (Å²) in [7, 11) is 0. The first kappa shape index (κ1) is 13.6. The lowest BCUT2D eigenvalue weighted by Gasteiger charge is -1.95. The number of benzene rings is 1. The van der Waals surface area contributed by atoms with Crippen molar-refractivity contribution in [3.63, 3.8) is 0 Å². The van der Waals surface area contributed by atoms with Crippen molar-refractivity contribution in [2.75, 3.05) is 0 Å². The van der Waals surface area contributed by atoms with Crippen LogP contribution >= 0.6 is 11.8 Å². The van der Waals surface area contributed by atoms with E-state index in [1.54, 1.807) is 18.0 Å². The lowest BCUT2D eigenvalue weighted by Crippen LogP contribution is -1.85. The molecular weight excluding hydrogens is 280 g/mol. The van der Waals surface area contributed by atoms with Crippen LogP contribution in [0, 0.1) is 0 Å². The van der Waals surface area contributed by atoms with Crippen molar-refractivity contribution in [2.24, 2.45) is 0 Å². The van der Waals surface area contributed by atoms with Gasteiger partial charge in [-0.15, -0.1) is 5.10 Å². The molecule has 3 rings (SSSR count). The van der Waals surface area contributed by atoms with Crippen molar-refractivity contribution in [1.82, 2.24) is 20.2 Å². The maximum absolute atomic E-state index is 4.42. The van der Waals surface area contributed by atoms with E-state index in [0.29, 0.717) is 0 Å². The molecule has 104 valence electrons. The molecule has 0 bridgehead atoms. The average molecular weight is 294 g/mol. The Morgan fingerprint density at radius 3 is 2.67 bits per heavy atom. The number of thioether (sulfide) groups is 1. The molecule has 0 atom stereocenters. The van der Waals surface area contributed by atoms with Gasteiger partial charge in [-0.3, -0.25) is 10.1 Å². The molecule has 21 heavy (non-hydrogen) atoms. The third kappa shape index (κ3) is 4.03. The van der Waals surface area contributed by atoms with Gasteiger partial charge >= 0.3 is 0 Å². The Bertz CT molecular complexity index is 707.